The Balaban J connectivity index is 2.18. The molecule has 6 nitrogen and oxygen atoms in total. The molecule has 0 atom stereocenters. The smallest absolute Gasteiger partial charge is 0.270 e. The van der Waals surface area contributed by atoms with Gasteiger partial charge in [-0.1, -0.05) is 44.2 Å². The summed E-state index contributed by atoms with van der Waals surface area (Å²) in [4.78, 5) is 23.7. The molecule has 0 fully saturated rings. The Morgan fingerprint density at radius 1 is 1.15 bits per heavy atom. The Kier molecular flexibility index (Phi) is 7.53. The summed E-state index contributed by atoms with van der Waals surface area (Å²) in [6.07, 6.45) is 0.897. The first-order valence-electron chi connectivity index (χ1n) is 9.07. The highest BCUT2D eigenvalue weighted by atomic mass is 16.1. The van der Waals surface area contributed by atoms with Crippen LogP contribution in [0.25, 0.3) is 11.4 Å². The lowest BCUT2D eigenvalue weighted by Gasteiger charge is -2.12. The van der Waals surface area contributed by atoms with E-state index in [2.05, 4.69) is 39.3 Å². The Hall–Kier alpha value is -2.47. The number of hydrogen-bond donors (Lipinski definition) is 2. The van der Waals surface area contributed by atoms with E-state index in [1.165, 1.54) is 0 Å². The maximum atomic E-state index is 12.5. The van der Waals surface area contributed by atoms with E-state index >= 15 is 0 Å². The topological polar surface area (TPSA) is 70.2 Å². The van der Waals surface area contributed by atoms with Gasteiger partial charge in [0.05, 0.1) is 0 Å². The quantitative estimate of drug-likeness (QED) is 0.677. The van der Waals surface area contributed by atoms with Gasteiger partial charge in [-0.15, -0.1) is 0 Å². The van der Waals surface area contributed by atoms with Gasteiger partial charge in [-0.25, -0.2) is 9.97 Å². The normalized spacial score (nSPS) is 11.0. The predicted octanol–water partition coefficient (Wildman–Crippen LogP) is 2.89. The third kappa shape index (κ3) is 6.44. The van der Waals surface area contributed by atoms with E-state index in [1.54, 1.807) is 6.07 Å². The summed E-state index contributed by atoms with van der Waals surface area (Å²) >= 11 is 0. The number of nitrogens with one attached hydrogen (secondary N) is 2. The van der Waals surface area contributed by atoms with Gasteiger partial charge in [-0.2, -0.15) is 0 Å². The highest BCUT2D eigenvalue weighted by Gasteiger charge is 2.13. The van der Waals surface area contributed by atoms with Gasteiger partial charge < -0.3 is 15.5 Å². The monoisotopic (exact) mass is 355 g/mol. The molecule has 1 heterocycles. The molecule has 0 aliphatic heterocycles. The van der Waals surface area contributed by atoms with Crippen molar-refractivity contribution in [3.05, 3.63) is 42.1 Å². The fraction of sp³-hybridized carbons (Fsp3) is 0.450. The molecule has 2 rings (SSSR count). The molecule has 1 aromatic heterocycles. The van der Waals surface area contributed by atoms with Crippen LogP contribution in [0.5, 0.6) is 0 Å². The number of nitrogens with zero attached hydrogens (tertiary/aromatic N) is 3. The molecule has 0 aliphatic carbocycles. The summed E-state index contributed by atoms with van der Waals surface area (Å²) in [6.45, 7) is 6.60. The van der Waals surface area contributed by atoms with Gasteiger partial charge in [-0.05, 0) is 33.0 Å². The molecule has 6 heteroatoms. The molecule has 0 aliphatic rings. The lowest BCUT2D eigenvalue weighted by Crippen LogP contribution is -2.28. The molecule has 1 amide bonds. The van der Waals surface area contributed by atoms with Crippen molar-refractivity contribution in [1.82, 2.24) is 20.2 Å². The zero-order valence-electron chi connectivity index (χ0n) is 16.1. The van der Waals surface area contributed by atoms with Crippen LogP contribution < -0.4 is 10.6 Å². The van der Waals surface area contributed by atoms with Crippen LogP contribution in [0.2, 0.25) is 0 Å². The second-order valence-electron chi connectivity index (χ2n) is 7.02. The van der Waals surface area contributed by atoms with E-state index in [0.717, 1.165) is 25.1 Å². The minimum Gasteiger partial charge on any atom is -0.370 e. The van der Waals surface area contributed by atoms with Crippen molar-refractivity contribution in [2.75, 3.05) is 39.0 Å². The number of carbonyl (C=O) groups excluding carboxylic acids is 1. The number of anilines is 1. The van der Waals surface area contributed by atoms with Crippen molar-refractivity contribution in [2.45, 2.75) is 20.3 Å². The van der Waals surface area contributed by atoms with E-state index in [9.17, 15) is 4.79 Å². The molecule has 0 saturated heterocycles. The van der Waals surface area contributed by atoms with Crippen LogP contribution in [0.4, 0.5) is 5.82 Å². The highest BCUT2D eigenvalue weighted by molar-refractivity contribution is 5.93. The Morgan fingerprint density at radius 3 is 2.54 bits per heavy atom. The number of rotatable bonds is 9. The standard InChI is InChI=1S/C20H29N5O/c1-15(2)14-22-18-13-17(20(26)21-11-8-12-25(3)4)23-19(24-18)16-9-6-5-7-10-16/h5-7,9-10,13,15H,8,11-12,14H2,1-4H3,(H,21,26)(H,22,23,24). The molecule has 140 valence electrons. The Bertz CT molecular complexity index is 701. The molecule has 2 N–H and O–H groups in total. The SMILES string of the molecule is CC(C)CNc1cc(C(=O)NCCCN(C)C)nc(-c2ccccc2)n1. The third-order valence-corrected chi connectivity index (χ3v) is 3.75. The highest BCUT2D eigenvalue weighted by Crippen LogP contribution is 2.18. The van der Waals surface area contributed by atoms with Crippen LogP contribution >= 0.6 is 0 Å². The summed E-state index contributed by atoms with van der Waals surface area (Å²) < 4.78 is 0. The zero-order chi connectivity index (χ0) is 18.9. The minimum absolute atomic E-state index is 0.170. The van der Waals surface area contributed by atoms with E-state index in [1.807, 2.05) is 44.4 Å². The lowest BCUT2D eigenvalue weighted by atomic mass is 10.2. The molecular formula is C20H29N5O. The molecule has 0 bridgehead atoms. The van der Waals surface area contributed by atoms with Crippen molar-refractivity contribution in [2.24, 2.45) is 5.92 Å². The van der Waals surface area contributed by atoms with Crippen LogP contribution in [0.1, 0.15) is 30.8 Å². The van der Waals surface area contributed by atoms with E-state index < -0.39 is 0 Å². The molecule has 0 radical (unpaired) electrons. The first-order valence-corrected chi connectivity index (χ1v) is 9.07. The first kappa shape index (κ1) is 19.8. The summed E-state index contributed by atoms with van der Waals surface area (Å²) in [6, 6.07) is 11.4. The largest absolute Gasteiger partial charge is 0.370 e. The fourth-order valence-corrected chi connectivity index (χ4v) is 2.37. The van der Waals surface area contributed by atoms with E-state index in [0.29, 0.717) is 29.8 Å². The third-order valence-electron chi connectivity index (χ3n) is 3.75. The number of aromatic nitrogens is 2. The van der Waals surface area contributed by atoms with Crippen molar-refractivity contribution < 1.29 is 4.79 Å². The molecule has 0 unspecified atom stereocenters. The van der Waals surface area contributed by atoms with Gasteiger partial charge >= 0.3 is 0 Å². The van der Waals surface area contributed by atoms with Crippen LogP contribution in [-0.2, 0) is 0 Å². The van der Waals surface area contributed by atoms with Crippen LogP contribution in [0, 0.1) is 5.92 Å². The average Bonchev–Trinajstić information content (AvgIpc) is 2.63. The van der Waals surface area contributed by atoms with Crippen LogP contribution in [0.3, 0.4) is 0 Å². The Labute approximate surface area is 156 Å². The molecular weight excluding hydrogens is 326 g/mol. The average molecular weight is 355 g/mol. The number of amides is 1. The van der Waals surface area contributed by atoms with Crippen molar-refractivity contribution in [1.29, 1.82) is 0 Å². The summed E-state index contributed by atoms with van der Waals surface area (Å²) in [5.41, 5.74) is 1.28. The van der Waals surface area contributed by atoms with Crippen molar-refractivity contribution in [3.8, 4) is 11.4 Å². The van der Waals surface area contributed by atoms with Crippen molar-refractivity contribution >= 4 is 11.7 Å². The molecule has 26 heavy (non-hydrogen) atoms. The van der Waals surface area contributed by atoms with Gasteiger partial charge in [0.15, 0.2) is 5.82 Å². The van der Waals surface area contributed by atoms with Gasteiger partial charge in [0.25, 0.3) is 5.91 Å². The zero-order valence-corrected chi connectivity index (χ0v) is 16.1. The predicted molar refractivity (Wildman–Crippen MR) is 106 cm³/mol. The van der Waals surface area contributed by atoms with Gasteiger partial charge in [0.2, 0.25) is 0 Å². The number of carbonyl (C=O) groups is 1. The first-order chi connectivity index (χ1) is 12.5. The van der Waals surface area contributed by atoms with E-state index in [4.69, 9.17) is 0 Å². The lowest BCUT2D eigenvalue weighted by molar-refractivity contribution is 0.0947. The van der Waals surface area contributed by atoms with Crippen molar-refractivity contribution in [3.63, 3.8) is 0 Å². The Morgan fingerprint density at radius 2 is 1.88 bits per heavy atom. The molecule has 0 saturated carbocycles. The van der Waals surface area contributed by atoms with E-state index in [-0.39, 0.29) is 5.91 Å². The maximum Gasteiger partial charge on any atom is 0.270 e. The molecule has 0 spiro atoms. The number of hydrogen-bond acceptors (Lipinski definition) is 5. The van der Waals surface area contributed by atoms with Gasteiger partial charge in [0, 0.05) is 24.7 Å². The summed E-state index contributed by atoms with van der Waals surface area (Å²) in [7, 11) is 4.04. The second kappa shape index (κ2) is 9.87. The minimum atomic E-state index is -0.170. The van der Waals surface area contributed by atoms with Crippen LogP contribution in [0.15, 0.2) is 36.4 Å². The molecule has 1 aromatic carbocycles. The van der Waals surface area contributed by atoms with Gasteiger partial charge in [-0.3, -0.25) is 4.79 Å². The van der Waals surface area contributed by atoms with Gasteiger partial charge in [0.1, 0.15) is 11.5 Å². The summed E-state index contributed by atoms with van der Waals surface area (Å²) in [5, 5.41) is 6.24. The summed E-state index contributed by atoms with van der Waals surface area (Å²) in [5.74, 6) is 1.54. The van der Waals surface area contributed by atoms with Crippen LogP contribution in [-0.4, -0.2) is 54.5 Å². The maximum absolute atomic E-state index is 12.5. The number of benzene rings is 1. The second-order valence-corrected chi connectivity index (χ2v) is 7.02. The molecule has 2 aromatic rings. The fourth-order valence-electron chi connectivity index (χ4n) is 2.37.